The summed E-state index contributed by atoms with van der Waals surface area (Å²) in [5, 5.41) is 13.3. The highest BCUT2D eigenvalue weighted by Gasteiger charge is 2.41. The third-order valence-electron chi connectivity index (χ3n) is 7.67. The van der Waals surface area contributed by atoms with Crippen molar-refractivity contribution in [2.24, 2.45) is 4.99 Å². The molecular formula is C29H22N8O5. The van der Waals surface area contributed by atoms with E-state index in [9.17, 15) is 24.5 Å². The molecule has 0 aliphatic carbocycles. The molecule has 6 heterocycles. The first-order valence-corrected chi connectivity index (χ1v) is 13.3. The number of aliphatic imine (C=N–C) groups is 1. The van der Waals surface area contributed by atoms with E-state index in [2.05, 4.69) is 20.3 Å². The highest BCUT2D eigenvalue weighted by molar-refractivity contribution is 6.47. The second-order valence-electron chi connectivity index (χ2n) is 10.1. The number of amides is 2. The lowest BCUT2D eigenvalue weighted by Crippen LogP contribution is -2.35. The number of benzene rings is 1. The number of pyridine rings is 1. The second kappa shape index (κ2) is 9.73. The molecule has 1 aromatic carbocycles. The predicted octanol–water partition coefficient (Wildman–Crippen LogP) is 2.60. The van der Waals surface area contributed by atoms with Gasteiger partial charge in [-0.25, -0.2) is 4.98 Å². The normalized spacial score (nSPS) is 17.5. The second-order valence-corrected chi connectivity index (χ2v) is 10.1. The number of fused-ring (bicyclic) bond motifs is 1. The number of carbonyl (C=O) groups is 3. The van der Waals surface area contributed by atoms with E-state index >= 15 is 0 Å². The molecule has 1 atom stereocenters. The summed E-state index contributed by atoms with van der Waals surface area (Å²) in [7, 11) is 0. The van der Waals surface area contributed by atoms with Gasteiger partial charge >= 0.3 is 5.82 Å². The van der Waals surface area contributed by atoms with E-state index in [1.54, 1.807) is 33.8 Å². The van der Waals surface area contributed by atoms with Gasteiger partial charge in [0.05, 0.1) is 40.5 Å². The topological polar surface area (TPSA) is 157 Å². The standard InChI is InChI=1S/C29H22N8O5/c38-21(7-4-10-34-15-23(32-16-34)37(41)42)19-13-17-5-3-6-18-26(30-9-12-36(19)27(17)18)25-24(28(39)33-29(25)40)20-14-31-22-8-1-2-11-35(20)22/h1-3,5-6,8-9,11-12,14-16,19H,4,7,10,13H2,(H,33,39,40). The number of aromatic nitrogens is 4. The summed E-state index contributed by atoms with van der Waals surface area (Å²) < 4.78 is 3.35. The van der Waals surface area contributed by atoms with E-state index in [1.807, 2.05) is 41.3 Å². The molecule has 13 nitrogen and oxygen atoms in total. The lowest BCUT2D eigenvalue weighted by atomic mass is 9.94. The van der Waals surface area contributed by atoms with E-state index in [4.69, 9.17) is 0 Å². The third-order valence-corrected chi connectivity index (χ3v) is 7.67. The number of para-hydroxylation sites is 1. The van der Waals surface area contributed by atoms with Crippen molar-refractivity contribution in [2.45, 2.75) is 31.8 Å². The lowest BCUT2D eigenvalue weighted by Gasteiger charge is -2.23. The molecule has 0 fully saturated rings. The fraction of sp³-hybridized carbons (Fsp3) is 0.172. The summed E-state index contributed by atoms with van der Waals surface area (Å²) in [6, 6.07) is 10.6. The number of Topliss-reactive ketones (excluding diaryl/α,β-unsaturated/α-hetero) is 1. The lowest BCUT2D eigenvalue weighted by molar-refractivity contribution is -0.389. The van der Waals surface area contributed by atoms with Crippen LogP contribution in [0.2, 0.25) is 0 Å². The molecule has 3 aliphatic heterocycles. The Kier molecular flexibility index (Phi) is 5.85. The number of imidazole rings is 2. The van der Waals surface area contributed by atoms with Crippen molar-refractivity contribution in [3.63, 3.8) is 0 Å². The third kappa shape index (κ3) is 4.01. The highest BCUT2D eigenvalue weighted by atomic mass is 16.6. The number of hydrogen-bond acceptors (Lipinski definition) is 9. The van der Waals surface area contributed by atoms with Gasteiger partial charge in [0, 0.05) is 43.5 Å². The van der Waals surface area contributed by atoms with Crippen LogP contribution in [-0.4, -0.2) is 53.2 Å². The molecule has 1 N–H and O–H groups in total. The van der Waals surface area contributed by atoms with Crippen LogP contribution in [0.15, 0.2) is 84.3 Å². The minimum atomic E-state index is -0.557. The maximum absolute atomic E-state index is 13.4. The Hall–Kier alpha value is -5.72. The van der Waals surface area contributed by atoms with Crippen LogP contribution >= 0.6 is 0 Å². The Morgan fingerprint density at radius 3 is 2.79 bits per heavy atom. The highest BCUT2D eigenvalue weighted by Crippen LogP contribution is 2.40. The first-order valence-electron chi connectivity index (χ1n) is 13.3. The minimum absolute atomic E-state index is 0.0132. The number of rotatable bonds is 8. The zero-order valence-corrected chi connectivity index (χ0v) is 22.0. The maximum Gasteiger partial charge on any atom is 0.381 e. The number of nitrogens with zero attached hydrogens (tertiary/aromatic N) is 7. The molecule has 7 rings (SSSR count). The van der Waals surface area contributed by atoms with Gasteiger partial charge in [-0.15, -0.1) is 0 Å². The molecule has 0 bridgehead atoms. The van der Waals surface area contributed by atoms with Crippen LogP contribution in [0.5, 0.6) is 0 Å². The van der Waals surface area contributed by atoms with E-state index in [-0.39, 0.29) is 29.2 Å². The molecule has 42 heavy (non-hydrogen) atoms. The summed E-state index contributed by atoms with van der Waals surface area (Å²) in [5.41, 5.74) is 4.11. The predicted molar refractivity (Wildman–Crippen MR) is 150 cm³/mol. The summed E-state index contributed by atoms with van der Waals surface area (Å²) in [4.78, 5) is 64.7. The van der Waals surface area contributed by atoms with Crippen molar-refractivity contribution in [2.75, 3.05) is 4.90 Å². The van der Waals surface area contributed by atoms with Gasteiger partial charge < -0.3 is 19.6 Å². The van der Waals surface area contributed by atoms with Crippen LogP contribution in [0.3, 0.4) is 0 Å². The number of aryl methyl sites for hydroxylation is 1. The van der Waals surface area contributed by atoms with E-state index in [0.29, 0.717) is 42.0 Å². The number of ketones is 1. The number of nitro groups is 1. The van der Waals surface area contributed by atoms with Crippen molar-refractivity contribution in [1.29, 1.82) is 0 Å². The van der Waals surface area contributed by atoms with Gasteiger partial charge in [0.15, 0.2) is 5.78 Å². The van der Waals surface area contributed by atoms with Crippen LogP contribution in [0.1, 0.15) is 29.7 Å². The Morgan fingerprint density at radius 1 is 1.10 bits per heavy atom. The van der Waals surface area contributed by atoms with Crippen LogP contribution in [0, 0.1) is 10.1 Å². The average Bonchev–Trinajstić information content (AvgIpc) is 3.73. The molecule has 208 valence electrons. The molecule has 3 aromatic heterocycles. The Morgan fingerprint density at radius 2 is 1.95 bits per heavy atom. The SMILES string of the molecule is O=C1NC(=O)C(c2cnc3ccccn23)=C1C1=NC=CN2c3c(cccc31)CC2C(=O)CCCn1cnc([N+](=O)[O-])c1. The molecule has 0 saturated heterocycles. The van der Waals surface area contributed by atoms with Crippen LogP contribution < -0.4 is 10.2 Å². The first kappa shape index (κ1) is 25.3. The summed E-state index contributed by atoms with van der Waals surface area (Å²) in [6.07, 6.45) is 10.6. The smallest absolute Gasteiger partial charge is 0.358 e. The number of carbonyl (C=O) groups excluding carboxylic acids is 3. The largest absolute Gasteiger partial charge is 0.381 e. The molecule has 0 spiro atoms. The zero-order valence-electron chi connectivity index (χ0n) is 22.0. The van der Waals surface area contributed by atoms with Gasteiger partial charge in [0.1, 0.15) is 11.8 Å². The van der Waals surface area contributed by atoms with Gasteiger partial charge in [0.25, 0.3) is 11.8 Å². The molecule has 0 saturated carbocycles. The van der Waals surface area contributed by atoms with Crippen LogP contribution in [0.25, 0.3) is 11.2 Å². The quantitative estimate of drug-likeness (QED) is 0.195. The van der Waals surface area contributed by atoms with E-state index in [0.717, 1.165) is 11.3 Å². The zero-order chi connectivity index (χ0) is 29.0. The first-order chi connectivity index (χ1) is 20.4. The minimum Gasteiger partial charge on any atom is -0.358 e. The van der Waals surface area contributed by atoms with Crippen molar-refractivity contribution in [1.82, 2.24) is 24.3 Å². The van der Waals surface area contributed by atoms with Crippen LogP contribution in [-0.2, 0) is 27.3 Å². The summed E-state index contributed by atoms with van der Waals surface area (Å²) in [5.74, 6) is -1.30. The van der Waals surface area contributed by atoms with Crippen molar-refractivity contribution < 1.29 is 19.3 Å². The van der Waals surface area contributed by atoms with E-state index in [1.165, 1.54) is 12.5 Å². The monoisotopic (exact) mass is 562 g/mol. The Labute approximate surface area is 237 Å². The van der Waals surface area contributed by atoms with Crippen molar-refractivity contribution >= 4 is 46.0 Å². The van der Waals surface area contributed by atoms with Gasteiger partial charge in [-0.05, 0) is 34.0 Å². The molecular weight excluding hydrogens is 540 g/mol. The fourth-order valence-corrected chi connectivity index (χ4v) is 5.82. The average molecular weight is 563 g/mol. The molecule has 13 heteroatoms. The molecule has 3 aliphatic rings. The molecule has 4 aromatic rings. The van der Waals surface area contributed by atoms with E-state index < -0.39 is 22.8 Å². The van der Waals surface area contributed by atoms with Crippen molar-refractivity contribution in [3.05, 3.63) is 106 Å². The van der Waals surface area contributed by atoms with Gasteiger partial charge in [0.2, 0.25) is 6.33 Å². The molecule has 1 unspecified atom stereocenters. The Balaban J connectivity index is 1.20. The number of nitrogens with one attached hydrogen (secondary N) is 1. The fourth-order valence-electron chi connectivity index (χ4n) is 5.82. The van der Waals surface area contributed by atoms with Crippen LogP contribution in [0.4, 0.5) is 11.5 Å². The van der Waals surface area contributed by atoms with Gasteiger partial charge in [-0.1, -0.05) is 24.3 Å². The summed E-state index contributed by atoms with van der Waals surface area (Å²) in [6.45, 7) is 0.421. The number of imide groups is 1. The van der Waals surface area contributed by atoms with Crippen molar-refractivity contribution in [3.8, 4) is 0 Å². The summed E-state index contributed by atoms with van der Waals surface area (Å²) >= 11 is 0. The number of anilines is 1. The Bertz CT molecular complexity index is 1930. The van der Waals surface area contributed by atoms with Gasteiger partial charge in [-0.3, -0.25) is 29.1 Å². The molecule has 0 radical (unpaired) electrons. The maximum atomic E-state index is 13.4. The number of hydrogen-bond donors (Lipinski definition) is 1. The molecule has 2 amide bonds. The van der Waals surface area contributed by atoms with Gasteiger partial charge in [-0.2, -0.15) is 0 Å².